The predicted molar refractivity (Wildman–Crippen MR) is 184 cm³/mol. The number of ether oxygens (including phenoxy) is 2. The fourth-order valence-corrected chi connectivity index (χ4v) is 7.36. The van der Waals surface area contributed by atoms with Gasteiger partial charge in [0.25, 0.3) is 0 Å². The van der Waals surface area contributed by atoms with Gasteiger partial charge >= 0.3 is 5.69 Å². The van der Waals surface area contributed by atoms with E-state index in [2.05, 4.69) is 44.3 Å². The highest BCUT2D eigenvalue weighted by atomic mass is 32.2. The zero-order valence-corrected chi connectivity index (χ0v) is 29.1. The maximum atomic E-state index is 13.3. The third-order valence-corrected chi connectivity index (χ3v) is 10.3. The highest BCUT2D eigenvalue weighted by molar-refractivity contribution is 7.99. The molecule has 1 aliphatic rings. The number of rotatable bonds is 14. The molecule has 0 bridgehead atoms. The minimum atomic E-state index is -3.85. The Morgan fingerprint density at radius 2 is 1.75 bits per heavy atom. The summed E-state index contributed by atoms with van der Waals surface area (Å²) in [7, 11) is 3.15. The number of hydrogen-bond donors (Lipinski definition) is 2. The third kappa shape index (κ3) is 8.33. The quantitative estimate of drug-likeness (QED) is 0.110. The van der Waals surface area contributed by atoms with E-state index in [1.807, 2.05) is 13.0 Å². The number of aromatic amines is 1. The second-order valence-corrected chi connectivity index (χ2v) is 14.5. The summed E-state index contributed by atoms with van der Waals surface area (Å²) in [5.41, 5.74) is 0.793. The molecule has 0 amide bonds. The first kappa shape index (κ1) is 34.9. The van der Waals surface area contributed by atoms with Crippen molar-refractivity contribution in [3.8, 4) is 11.5 Å². The van der Waals surface area contributed by atoms with Gasteiger partial charge in [0.1, 0.15) is 0 Å². The van der Waals surface area contributed by atoms with Crippen LogP contribution in [0.25, 0.3) is 0 Å². The summed E-state index contributed by atoms with van der Waals surface area (Å²) in [5, 5.41) is 22.3. The standard InChI is InChI=1S/C31H39N9O6S2/c1-21-19-26(36-35-21)32-29-28(46-5)30(39-17-15-38(16-18-39)14-13-37(2)3)34-31(33-29)47-23-9-11-24(12-10-23)48(43,44)20-22-7-6-8-25(40(41)42)27(22)45-4/h6-12,19H,13-18,20H2,1-5H3,(H2,32,33,34,35,36). The molecular formula is C31H39N9O6S2. The van der Waals surface area contributed by atoms with Crippen LogP contribution in [0.15, 0.2) is 63.5 Å². The number of nitrogens with one attached hydrogen (secondary N) is 2. The van der Waals surface area contributed by atoms with Crippen molar-refractivity contribution in [2.24, 2.45) is 0 Å². The van der Waals surface area contributed by atoms with E-state index in [1.54, 1.807) is 19.2 Å². The Kier molecular flexibility index (Phi) is 11.0. The first-order valence-electron chi connectivity index (χ1n) is 15.2. The molecule has 2 N–H and O–H groups in total. The van der Waals surface area contributed by atoms with Gasteiger partial charge in [-0.15, -0.1) is 0 Å². The van der Waals surface area contributed by atoms with Crippen molar-refractivity contribution in [1.29, 1.82) is 0 Å². The minimum absolute atomic E-state index is 0.0696. The normalized spacial score (nSPS) is 13.9. The third-order valence-electron chi connectivity index (χ3n) is 7.73. The van der Waals surface area contributed by atoms with Gasteiger partial charge in [0.2, 0.25) is 11.5 Å². The molecule has 2 aromatic heterocycles. The zero-order chi connectivity index (χ0) is 34.4. The minimum Gasteiger partial charge on any atom is -0.490 e. The van der Waals surface area contributed by atoms with Crippen LogP contribution in [0.4, 0.5) is 23.1 Å². The number of sulfone groups is 1. The summed E-state index contributed by atoms with van der Waals surface area (Å²) in [6.07, 6.45) is 0. The second kappa shape index (κ2) is 15.2. The van der Waals surface area contributed by atoms with E-state index >= 15 is 0 Å². The molecule has 0 saturated carbocycles. The Morgan fingerprint density at radius 1 is 1.04 bits per heavy atom. The molecule has 0 aliphatic carbocycles. The van der Waals surface area contributed by atoms with Crippen molar-refractivity contribution in [1.82, 2.24) is 30.0 Å². The Hall–Kier alpha value is -4.45. The molecule has 0 radical (unpaired) electrons. The number of hydrogen-bond acceptors (Lipinski definition) is 14. The zero-order valence-electron chi connectivity index (χ0n) is 27.5. The van der Waals surface area contributed by atoms with E-state index in [0.29, 0.717) is 33.3 Å². The summed E-state index contributed by atoms with van der Waals surface area (Å²) in [6, 6.07) is 12.5. The van der Waals surface area contributed by atoms with Crippen molar-refractivity contribution < 1.29 is 22.8 Å². The predicted octanol–water partition coefficient (Wildman–Crippen LogP) is 3.99. The van der Waals surface area contributed by atoms with E-state index in [4.69, 9.17) is 19.4 Å². The lowest BCUT2D eigenvalue weighted by Gasteiger charge is -2.36. The Labute approximate surface area is 283 Å². The van der Waals surface area contributed by atoms with Crippen LogP contribution in [0.5, 0.6) is 11.5 Å². The summed E-state index contributed by atoms with van der Waals surface area (Å²) in [4.78, 5) is 28.1. The lowest BCUT2D eigenvalue weighted by atomic mass is 10.2. The largest absolute Gasteiger partial charge is 0.490 e. The van der Waals surface area contributed by atoms with Gasteiger partial charge in [0.15, 0.2) is 32.4 Å². The van der Waals surface area contributed by atoms with Crippen LogP contribution in [-0.2, 0) is 15.6 Å². The van der Waals surface area contributed by atoms with Crippen molar-refractivity contribution in [2.45, 2.75) is 27.6 Å². The SMILES string of the molecule is COc1c(CS(=O)(=O)c2ccc(Sc3nc(Nc4cc(C)[nH]n4)c(OC)c(N4CCN(CCN(C)C)CC4)n3)cc2)cccc1[N+](=O)[O-]. The van der Waals surface area contributed by atoms with Crippen LogP contribution < -0.4 is 19.7 Å². The van der Waals surface area contributed by atoms with E-state index in [0.717, 1.165) is 45.0 Å². The van der Waals surface area contributed by atoms with Gasteiger partial charge in [0.05, 0.1) is 29.8 Å². The van der Waals surface area contributed by atoms with Crippen molar-refractivity contribution in [3.63, 3.8) is 0 Å². The van der Waals surface area contributed by atoms with E-state index in [1.165, 1.54) is 49.2 Å². The van der Waals surface area contributed by atoms with Gasteiger partial charge in [-0.3, -0.25) is 20.1 Å². The van der Waals surface area contributed by atoms with Crippen molar-refractivity contribution in [3.05, 3.63) is 69.9 Å². The number of benzene rings is 2. The molecule has 0 spiro atoms. The number of nitrogens with zero attached hydrogens (tertiary/aromatic N) is 7. The summed E-state index contributed by atoms with van der Waals surface area (Å²) in [5.74, 6) is 1.66. The highest BCUT2D eigenvalue weighted by Crippen LogP contribution is 2.39. The summed E-state index contributed by atoms with van der Waals surface area (Å²) < 4.78 is 37.7. The number of nitro benzene ring substituents is 1. The fourth-order valence-electron chi connectivity index (χ4n) is 5.25. The van der Waals surface area contributed by atoms with Gasteiger partial charge in [-0.1, -0.05) is 12.1 Å². The first-order valence-corrected chi connectivity index (χ1v) is 17.6. The van der Waals surface area contributed by atoms with Crippen LogP contribution in [0, 0.1) is 17.0 Å². The molecule has 256 valence electrons. The highest BCUT2D eigenvalue weighted by Gasteiger charge is 2.26. The number of aromatic nitrogens is 4. The maximum absolute atomic E-state index is 13.3. The van der Waals surface area contributed by atoms with Crippen LogP contribution in [-0.4, -0.2) is 111 Å². The van der Waals surface area contributed by atoms with Crippen LogP contribution in [0.1, 0.15) is 11.3 Å². The fraction of sp³-hybridized carbons (Fsp3) is 0.387. The van der Waals surface area contributed by atoms with Crippen LogP contribution in [0.3, 0.4) is 0 Å². The molecule has 1 fully saturated rings. The summed E-state index contributed by atoms with van der Waals surface area (Å²) >= 11 is 1.28. The van der Waals surface area contributed by atoms with Gasteiger partial charge < -0.3 is 24.6 Å². The van der Waals surface area contributed by atoms with Crippen molar-refractivity contribution >= 4 is 44.7 Å². The molecule has 4 aromatic rings. The molecular weight excluding hydrogens is 659 g/mol. The number of H-pyrrole nitrogens is 1. The topological polar surface area (TPSA) is 172 Å². The molecule has 15 nitrogen and oxygen atoms in total. The van der Waals surface area contributed by atoms with Crippen LogP contribution >= 0.6 is 11.8 Å². The van der Waals surface area contributed by atoms with Gasteiger partial charge in [-0.05, 0) is 57.0 Å². The Morgan fingerprint density at radius 3 is 2.35 bits per heavy atom. The Balaban J connectivity index is 1.39. The maximum Gasteiger partial charge on any atom is 0.311 e. The van der Waals surface area contributed by atoms with Crippen molar-refractivity contribution in [2.75, 3.05) is 77.8 Å². The molecule has 1 aliphatic heterocycles. The van der Waals surface area contributed by atoms with E-state index in [9.17, 15) is 18.5 Å². The molecule has 17 heteroatoms. The molecule has 0 unspecified atom stereocenters. The molecule has 48 heavy (non-hydrogen) atoms. The monoisotopic (exact) mass is 697 g/mol. The average molecular weight is 698 g/mol. The van der Waals surface area contributed by atoms with Crippen LogP contribution in [0.2, 0.25) is 0 Å². The number of likely N-dealkylation sites (N-methyl/N-ethyl adjacent to an activating group) is 1. The van der Waals surface area contributed by atoms with E-state index in [-0.39, 0.29) is 21.9 Å². The molecule has 0 atom stereocenters. The number of anilines is 3. The second-order valence-electron chi connectivity index (χ2n) is 11.5. The first-order chi connectivity index (χ1) is 23.0. The molecule has 1 saturated heterocycles. The molecule has 2 aromatic carbocycles. The summed E-state index contributed by atoms with van der Waals surface area (Å²) in [6.45, 7) is 7.14. The number of para-hydroxylation sites is 1. The average Bonchev–Trinajstić information content (AvgIpc) is 3.47. The van der Waals surface area contributed by atoms with Gasteiger partial charge in [-0.2, -0.15) is 5.10 Å². The Bertz CT molecular complexity index is 1840. The molecule has 5 rings (SSSR count). The number of methoxy groups -OCH3 is 2. The smallest absolute Gasteiger partial charge is 0.311 e. The number of piperazine rings is 1. The lowest BCUT2D eigenvalue weighted by Crippen LogP contribution is -2.48. The number of nitro groups is 1. The van der Waals surface area contributed by atoms with Gasteiger partial charge in [-0.25, -0.2) is 18.4 Å². The van der Waals surface area contributed by atoms with Gasteiger partial charge in [0, 0.05) is 67.6 Å². The van der Waals surface area contributed by atoms with E-state index < -0.39 is 20.5 Å². The lowest BCUT2D eigenvalue weighted by molar-refractivity contribution is -0.385. The number of aryl methyl sites for hydroxylation is 1. The molecule has 3 heterocycles.